The van der Waals surface area contributed by atoms with Crippen molar-refractivity contribution in [1.82, 2.24) is 9.97 Å². The molecule has 0 unspecified atom stereocenters. The molecule has 0 amide bonds. The molecule has 0 saturated carbocycles. The van der Waals surface area contributed by atoms with Crippen molar-refractivity contribution in [2.24, 2.45) is 5.92 Å². The molecule has 1 aromatic rings. The highest BCUT2D eigenvalue weighted by Crippen LogP contribution is 2.32. The lowest BCUT2D eigenvalue weighted by molar-refractivity contribution is 0.269. The Morgan fingerprint density at radius 2 is 2.14 bits per heavy atom. The highest BCUT2D eigenvalue weighted by atomic mass is 127. The molecule has 1 aromatic carbocycles. The van der Waals surface area contributed by atoms with E-state index in [2.05, 4.69) is 46.4 Å². The molecule has 22 heavy (non-hydrogen) atoms. The number of hydrogen-bond donors (Lipinski definition) is 1. The van der Waals surface area contributed by atoms with Gasteiger partial charge in [-0.25, -0.2) is 4.79 Å². The predicted molar refractivity (Wildman–Crippen MR) is 90.6 cm³/mol. The molecule has 0 atom stereocenters. The topological polar surface area (TPSA) is 85.2 Å². The van der Waals surface area contributed by atoms with Gasteiger partial charge in [0.05, 0.1) is 10.2 Å². The van der Waals surface area contributed by atoms with Gasteiger partial charge in [0.1, 0.15) is 11.3 Å². The summed E-state index contributed by atoms with van der Waals surface area (Å²) in [5, 5.41) is 0.750. The Hall–Kier alpha value is -1.90. The van der Waals surface area contributed by atoms with Gasteiger partial charge < -0.3 is 9.15 Å². The predicted octanol–water partition coefficient (Wildman–Crippen LogP) is 2.62. The van der Waals surface area contributed by atoms with Gasteiger partial charge in [0.25, 0.3) is 5.56 Å². The van der Waals surface area contributed by atoms with Crippen molar-refractivity contribution in [3.05, 3.63) is 42.6 Å². The Morgan fingerprint density at radius 1 is 1.36 bits per heavy atom. The van der Waals surface area contributed by atoms with E-state index in [0.717, 1.165) is 8.96 Å². The number of fused-ring (bicyclic) bond motifs is 2. The molecule has 2 aliphatic heterocycles. The van der Waals surface area contributed by atoms with Crippen molar-refractivity contribution in [3.63, 3.8) is 0 Å². The van der Waals surface area contributed by atoms with Crippen LogP contribution in [0.15, 0.2) is 32.2 Å². The fraction of sp³-hybridized carbons (Fsp3) is 0.267. The first-order valence-corrected chi connectivity index (χ1v) is 7.83. The van der Waals surface area contributed by atoms with E-state index in [0.29, 0.717) is 23.9 Å². The molecular weight excluding hydrogens is 399 g/mol. The summed E-state index contributed by atoms with van der Waals surface area (Å²) < 4.78 is 12.2. The van der Waals surface area contributed by atoms with E-state index in [1.54, 1.807) is 6.07 Å². The minimum absolute atomic E-state index is 0.0279. The number of nitrogens with zero attached hydrogens (tertiary/aromatic N) is 1. The van der Waals surface area contributed by atoms with Gasteiger partial charge in [-0.2, -0.15) is 4.98 Å². The first-order valence-electron chi connectivity index (χ1n) is 6.75. The van der Waals surface area contributed by atoms with Crippen LogP contribution in [0.25, 0.3) is 22.4 Å². The van der Waals surface area contributed by atoms with E-state index in [-0.39, 0.29) is 11.5 Å². The molecule has 0 bridgehead atoms. The summed E-state index contributed by atoms with van der Waals surface area (Å²) in [6.07, 6.45) is 0. The summed E-state index contributed by atoms with van der Waals surface area (Å²) in [4.78, 5) is 28.9. The first kappa shape index (κ1) is 15.0. The number of ether oxygens (including phenoxy) is 1. The Bertz CT molecular complexity index is 929. The zero-order valence-electron chi connectivity index (χ0n) is 12.0. The molecular formula is C15H13IN2O4. The van der Waals surface area contributed by atoms with Crippen LogP contribution in [0.3, 0.4) is 0 Å². The number of aromatic nitrogens is 2. The summed E-state index contributed by atoms with van der Waals surface area (Å²) in [5.74, 6) is 1.14. The Balaban J connectivity index is 2.22. The molecule has 0 aliphatic carbocycles. The van der Waals surface area contributed by atoms with Gasteiger partial charge in [0.2, 0.25) is 5.89 Å². The van der Waals surface area contributed by atoms with Gasteiger partial charge >= 0.3 is 5.69 Å². The highest BCUT2D eigenvalue weighted by Gasteiger charge is 2.17. The zero-order valence-corrected chi connectivity index (χ0v) is 14.1. The van der Waals surface area contributed by atoms with Crippen LogP contribution in [0.2, 0.25) is 0 Å². The molecule has 0 fully saturated rings. The molecule has 2 heterocycles. The summed E-state index contributed by atoms with van der Waals surface area (Å²) in [7, 11) is 0. The summed E-state index contributed by atoms with van der Waals surface area (Å²) in [5.41, 5.74) is -0.427. The van der Waals surface area contributed by atoms with Crippen LogP contribution in [-0.2, 0) is 0 Å². The number of benzene rings is 1. The van der Waals surface area contributed by atoms with Gasteiger partial charge in [-0.3, -0.25) is 9.78 Å². The largest absolute Gasteiger partial charge is 0.492 e. The number of halogens is 1. The minimum atomic E-state index is -0.720. The first-order chi connectivity index (χ1) is 10.5. The van der Waals surface area contributed by atoms with Crippen molar-refractivity contribution in [3.8, 4) is 17.2 Å². The molecule has 1 N–H and O–H groups in total. The molecule has 114 valence electrons. The van der Waals surface area contributed by atoms with Crippen LogP contribution >= 0.6 is 22.6 Å². The fourth-order valence-electron chi connectivity index (χ4n) is 2.04. The lowest BCUT2D eigenvalue weighted by Gasteiger charge is -2.12. The normalized spacial score (nSPS) is 11.5. The molecule has 0 aromatic heterocycles. The molecule has 0 radical (unpaired) electrons. The molecule has 0 saturated heterocycles. The van der Waals surface area contributed by atoms with Crippen LogP contribution < -0.4 is 16.0 Å². The van der Waals surface area contributed by atoms with Crippen molar-refractivity contribution in [2.45, 2.75) is 13.8 Å². The second-order valence-corrected chi connectivity index (χ2v) is 6.42. The van der Waals surface area contributed by atoms with Gasteiger partial charge in [-0.15, -0.1) is 0 Å². The van der Waals surface area contributed by atoms with E-state index >= 15 is 0 Å². The lowest BCUT2D eigenvalue weighted by Crippen LogP contribution is -2.24. The average Bonchev–Trinajstić information content (AvgIpc) is 2.45. The third kappa shape index (κ3) is 2.72. The molecule has 0 spiro atoms. The number of hydrogen-bond acceptors (Lipinski definition) is 5. The smallest absolute Gasteiger partial charge is 0.351 e. The SMILES string of the molecule is CC(C)COc1ccc2cc3c(=O)[nH]c(=O)nc-3oc2c1I. The lowest BCUT2D eigenvalue weighted by atomic mass is 10.1. The zero-order chi connectivity index (χ0) is 15.9. The van der Waals surface area contributed by atoms with E-state index in [1.165, 1.54) is 0 Å². The van der Waals surface area contributed by atoms with Crippen molar-refractivity contribution >= 4 is 33.6 Å². The van der Waals surface area contributed by atoms with E-state index in [9.17, 15) is 9.59 Å². The maximum atomic E-state index is 11.8. The second kappa shape index (κ2) is 5.71. The van der Waals surface area contributed by atoms with Crippen LogP contribution in [0.4, 0.5) is 0 Å². The van der Waals surface area contributed by atoms with Crippen molar-refractivity contribution < 1.29 is 9.15 Å². The van der Waals surface area contributed by atoms with Gasteiger partial charge in [0.15, 0.2) is 5.58 Å². The van der Waals surface area contributed by atoms with Crippen LogP contribution in [0.5, 0.6) is 5.75 Å². The van der Waals surface area contributed by atoms with Gasteiger partial charge in [-0.1, -0.05) is 13.8 Å². The highest BCUT2D eigenvalue weighted by molar-refractivity contribution is 14.1. The molecule has 2 aliphatic rings. The summed E-state index contributed by atoms with van der Waals surface area (Å²) in [6, 6.07) is 5.33. The number of nitrogens with one attached hydrogen (secondary N) is 1. The molecule has 6 nitrogen and oxygen atoms in total. The van der Waals surface area contributed by atoms with Gasteiger partial charge in [-0.05, 0) is 46.7 Å². The minimum Gasteiger partial charge on any atom is -0.492 e. The third-order valence-electron chi connectivity index (χ3n) is 3.06. The number of H-pyrrole nitrogens is 1. The van der Waals surface area contributed by atoms with Crippen LogP contribution in [-0.4, -0.2) is 16.6 Å². The van der Waals surface area contributed by atoms with Crippen molar-refractivity contribution in [2.75, 3.05) is 6.61 Å². The standard InChI is InChI=1S/C15H13IN2O4/c1-7(2)6-21-10-4-3-8-5-9-13(19)17-15(20)18-14(9)22-12(8)11(10)16/h3-5,7H,6H2,1-2H3,(H,17,19,20). The number of aromatic amines is 1. The van der Waals surface area contributed by atoms with E-state index < -0.39 is 11.2 Å². The quantitative estimate of drug-likeness (QED) is 0.528. The third-order valence-corrected chi connectivity index (χ3v) is 4.08. The summed E-state index contributed by atoms with van der Waals surface area (Å²) in [6.45, 7) is 4.73. The van der Waals surface area contributed by atoms with E-state index in [1.807, 2.05) is 12.1 Å². The van der Waals surface area contributed by atoms with E-state index in [4.69, 9.17) is 9.15 Å². The number of rotatable bonds is 3. The average molecular weight is 412 g/mol. The summed E-state index contributed by atoms with van der Waals surface area (Å²) >= 11 is 2.12. The maximum Gasteiger partial charge on any atom is 0.351 e. The van der Waals surface area contributed by atoms with Crippen LogP contribution in [0, 0.1) is 9.49 Å². The monoisotopic (exact) mass is 412 g/mol. The Labute approximate surface area is 139 Å². The fourth-order valence-corrected chi connectivity index (χ4v) is 2.79. The second-order valence-electron chi connectivity index (χ2n) is 5.34. The molecule has 3 rings (SSSR count). The van der Waals surface area contributed by atoms with Gasteiger partial charge in [0, 0.05) is 5.39 Å². The Morgan fingerprint density at radius 3 is 2.86 bits per heavy atom. The van der Waals surface area contributed by atoms with Crippen LogP contribution in [0.1, 0.15) is 13.8 Å². The maximum absolute atomic E-state index is 11.8. The molecule has 7 heteroatoms. The van der Waals surface area contributed by atoms with Crippen molar-refractivity contribution in [1.29, 1.82) is 0 Å². The Kier molecular flexibility index (Phi) is 3.90.